The Bertz CT molecular complexity index is 519. The van der Waals surface area contributed by atoms with Crippen molar-refractivity contribution in [2.75, 3.05) is 44.3 Å². The lowest BCUT2D eigenvalue weighted by atomic mass is 10.1. The lowest BCUT2D eigenvalue weighted by Crippen LogP contribution is -2.34. The van der Waals surface area contributed by atoms with Crippen LogP contribution in [0.5, 0.6) is 0 Å². The molecule has 0 unspecified atom stereocenters. The van der Waals surface area contributed by atoms with E-state index in [0.717, 1.165) is 36.8 Å². The third kappa shape index (κ3) is 3.93. The van der Waals surface area contributed by atoms with Gasteiger partial charge in [-0.3, -0.25) is 0 Å². The predicted octanol–water partition coefficient (Wildman–Crippen LogP) is 2.75. The highest BCUT2D eigenvalue weighted by molar-refractivity contribution is 7.98. The van der Waals surface area contributed by atoms with Gasteiger partial charge >= 0.3 is 6.03 Å². The van der Waals surface area contributed by atoms with Crippen molar-refractivity contribution >= 4 is 23.5 Å². The molecule has 1 aromatic heterocycles. The molecule has 2 saturated heterocycles. The highest BCUT2D eigenvalue weighted by Crippen LogP contribution is 2.21. The van der Waals surface area contributed by atoms with Crippen molar-refractivity contribution < 1.29 is 4.79 Å². The Morgan fingerprint density at radius 3 is 3.00 bits per heavy atom. The van der Waals surface area contributed by atoms with Gasteiger partial charge < -0.3 is 15.1 Å². The number of pyridine rings is 1. The normalized spacial score (nSPS) is 22.2. The molecule has 0 spiro atoms. The number of urea groups is 1. The van der Waals surface area contributed by atoms with Crippen molar-refractivity contribution in [3.8, 4) is 0 Å². The van der Waals surface area contributed by atoms with Crippen molar-refractivity contribution in [1.29, 1.82) is 0 Å². The Labute approximate surface area is 136 Å². The number of amides is 2. The predicted molar refractivity (Wildman–Crippen MR) is 90.4 cm³/mol. The van der Waals surface area contributed by atoms with E-state index in [9.17, 15) is 4.79 Å². The van der Waals surface area contributed by atoms with E-state index in [1.807, 2.05) is 23.3 Å². The molecule has 2 aliphatic heterocycles. The third-order valence-corrected chi connectivity index (χ3v) is 5.12. The van der Waals surface area contributed by atoms with E-state index >= 15 is 0 Å². The highest BCUT2D eigenvalue weighted by atomic mass is 32.2. The van der Waals surface area contributed by atoms with Gasteiger partial charge in [0.2, 0.25) is 0 Å². The molecular weight excluding hydrogens is 296 g/mol. The van der Waals surface area contributed by atoms with E-state index < -0.39 is 0 Å². The number of carbonyl (C=O) groups is 1. The van der Waals surface area contributed by atoms with E-state index in [-0.39, 0.29) is 6.03 Å². The van der Waals surface area contributed by atoms with Crippen LogP contribution in [-0.4, -0.2) is 59.8 Å². The minimum absolute atomic E-state index is 0.0159. The summed E-state index contributed by atoms with van der Waals surface area (Å²) in [6.07, 6.45) is 7.50. The molecule has 0 saturated carbocycles. The van der Waals surface area contributed by atoms with Gasteiger partial charge in [0.15, 0.2) is 0 Å². The second kappa shape index (κ2) is 7.33. The number of likely N-dealkylation sites (tertiary alicyclic amines) is 2. The first-order valence-corrected chi connectivity index (χ1v) is 9.25. The van der Waals surface area contributed by atoms with Gasteiger partial charge in [0, 0.05) is 31.5 Å². The summed E-state index contributed by atoms with van der Waals surface area (Å²) < 4.78 is 0. The van der Waals surface area contributed by atoms with Gasteiger partial charge in [0.05, 0.1) is 5.03 Å². The van der Waals surface area contributed by atoms with E-state index in [0.29, 0.717) is 5.92 Å². The molecule has 0 aliphatic carbocycles. The maximum absolute atomic E-state index is 12.4. The lowest BCUT2D eigenvalue weighted by Gasteiger charge is -2.21. The molecule has 2 aliphatic rings. The first-order chi connectivity index (χ1) is 10.7. The topological polar surface area (TPSA) is 48.5 Å². The lowest BCUT2D eigenvalue weighted by molar-refractivity contribution is 0.217. The van der Waals surface area contributed by atoms with Gasteiger partial charge in [-0.1, -0.05) is 0 Å². The summed E-state index contributed by atoms with van der Waals surface area (Å²) in [6.45, 7) is 5.36. The first-order valence-electron chi connectivity index (χ1n) is 8.03. The van der Waals surface area contributed by atoms with E-state index in [2.05, 4.69) is 15.2 Å². The molecule has 1 N–H and O–H groups in total. The zero-order chi connectivity index (χ0) is 15.4. The van der Waals surface area contributed by atoms with Crippen LogP contribution in [0.4, 0.5) is 10.5 Å². The quantitative estimate of drug-likeness (QED) is 0.867. The molecule has 5 nitrogen and oxygen atoms in total. The van der Waals surface area contributed by atoms with Crippen molar-refractivity contribution in [3.05, 3.63) is 18.3 Å². The van der Waals surface area contributed by atoms with Crippen LogP contribution in [0.15, 0.2) is 23.4 Å². The maximum atomic E-state index is 12.4. The average Bonchev–Trinajstić information content (AvgIpc) is 3.20. The van der Waals surface area contributed by atoms with Gasteiger partial charge in [-0.05, 0) is 56.7 Å². The maximum Gasteiger partial charge on any atom is 0.321 e. The number of aromatic nitrogens is 1. The van der Waals surface area contributed by atoms with Crippen LogP contribution in [-0.2, 0) is 0 Å². The zero-order valence-electron chi connectivity index (χ0n) is 13.1. The fraction of sp³-hybridized carbons (Fsp3) is 0.625. The van der Waals surface area contributed by atoms with Crippen LogP contribution in [0, 0.1) is 5.92 Å². The average molecular weight is 320 g/mol. The van der Waals surface area contributed by atoms with Crippen molar-refractivity contribution in [1.82, 2.24) is 14.8 Å². The first kappa shape index (κ1) is 15.6. The van der Waals surface area contributed by atoms with E-state index in [1.54, 1.807) is 18.0 Å². The molecule has 2 fully saturated rings. The van der Waals surface area contributed by atoms with Crippen molar-refractivity contribution in [2.24, 2.45) is 5.92 Å². The Kier molecular flexibility index (Phi) is 5.20. The number of thioether (sulfide) groups is 1. The summed E-state index contributed by atoms with van der Waals surface area (Å²) in [4.78, 5) is 21.1. The number of anilines is 1. The molecule has 0 bridgehead atoms. The third-order valence-electron chi connectivity index (χ3n) is 4.48. The summed E-state index contributed by atoms with van der Waals surface area (Å²) in [7, 11) is 0. The fourth-order valence-corrected chi connectivity index (χ4v) is 3.71. The van der Waals surface area contributed by atoms with E-state index in [1.165, 1.54) is 25.9 Å². The summed E-state index contributed by atoms with van der Waals surface area (Å²) >= 11 is 1.58. The minimum Gasteiger partial charge on any atom is -0.324 e. The van der Waals surface area contributed by atoms with Gasteiger partial charge in [0.1, 0.15) is 0 Å². The highest BCUT2D eigenvalue weighted by Gasteiger charge is 2.28. The van der Waals surface area contributed by atoms with Crippen LogP contribution >= 0.6 is 11.8 Å². The van der Waals surface area contributed by atoms with Gasteiger partial charge in [-0.15, -0.1) is 11.8 Å². The molecule has 22 heavy (non-hydrogen) atoms. The van der Waals surface area contributed by atoms with Gasteiger partial charge in [-0.25, -0.2) is 9.78 Å². The summed E-state index contributed by atoms with van der Waals surface area (Å²) in [6, 6.07) is 3.78. The minimum atomic E-state index is 0.0159. The van der Waals surface area contributed by atoms with E-state index in [4.69, 9.17) is 0 Å². The van der Waals surface area contributed by atoms with Crippen LogP contribution in [0.3, 0.4) is 0 Å². The smallest absolute Gasteiger partial charge is 0.321 e. The molecule has 120 valence electrons. The Hall–Kier alpha value is -1.27. The number of nitrogens with zero attached hydrogens (tertiary/aromatic N) is 3. The van der Waals surface area contributed by atoms with Crippen LogP contribution in [0.2, 0.25) is 0 Å². The van der Waals surface area contributed by atoms with Crippen LogP contribution < -0.4 is 5.32 Å². The number of hydrogen-bond acceptors (Lipinski definition) is 4. The fourth-order valence-electron chi connectivity index (χ4n) is 3.30. The summed E-state index contributed by atoms with van der Waals surface area (Å²) in [5, 5.41) is 3.92. The standard InChI is InChI=1S/C16H24N4OS/c1-22-15-10-14(4-6-17-15)18-16(21)20-9-5-13(12-20)11-19-7-2-3-8-19/h4,6,10,13H,2-3,5,7-9,11-12H2,1H3,(H,17,18,21)/t13-/m1/s1. The Morgan fingerprint density at radius 1 is 1.41 bits per heavy atom. The number of rotatable bonds is 4. The SMILES string of the molecule is CSc1cc(NC(=O)N2CC[C@H](CN3CCCC3)C2)ccn1. The molecular formula is C16H24N4OS. The number of hydrogen-bond donors (Lipinski definition) is 1. The van der Waals surface area contributed by atoms with Crippen molar-refractivity contribution in [3.63, 3.8) is 0 Å². The number of nitrogens with one attached hydrogen (secondary N) is 1. The molecule has 1 aromatic rings. The Balaban J connectivity index is 1.50. The molecule has 3 rings (SSSR count). The molecule has 0 aromatic carbocycles. The molecule has 6 heteroatoms. The molecule has 2 amide bonds. The van der Waals surface area contributed by atoms with Crippen LogP contribution in [0.25, 0.3) is 0 Å². The zero-order valence-corrected chi connectivity index (χ0v) is 13.9. The second-order valence-corrected chi connectivity index (χ2v) is 6.95. The second-order valence-electron chi connectivity index (χ2n) is 6.13. The summed E-state index contributed by atoms with van der Waals surface area (Å²) in [5.74, 6) is 0.628. The summed E-state index contributed by atoms with van der Waals surface area (Å²) in [5.41, 5.74) is 0.826. The Morgan fingerprint density at radius 2 is 2.23 bits per heavy atom. The van der Waals surface area contributed by atoms with Gasteiger partial charge in [-0.2, -0.15) is 0 Å². The van der Waals surface area contributed by atoms with Crippen molar-refractivity contribution in [2.45, 2.75) is 24.3 Å². The number of carbonyl (C=O) groups excluding carboxylic acids is 1. The van der Waals surface area contributed by atoms with Gasteiger partial charge in [0.25, 0.3) is 0 Å². The molecule has 0 radical (unpaired) electrons. The monoisotopic (exact) mass is 320 g/mol. The molecule has 3 heterocycles. The largest absolute Gasteiger partial charge is 0.324 e. The molecule has 1 atom stereocenters. The van der Waals surface area contributed by atoms with Crippen LogP contribution in [0.1, 0.15) is 19.3 Å².